The van der Waals surface area contributed by atoms with Gasteiger partial charge in [0.25, 0.3) is 5.78 Å². The van der Waals surface area contributed by atoms with Gasteiger partial charge in [0, 0.05) is 5.56 Å². The number of fused-ring (bicyclic) bond motifs is 1. The first kappa shape index (κ1) is 19.1. The van der Waals surface area contributed by atoms with Crippen LogP contribution in [-0.2, 0) is 10.1 Å². The van der Waals surface area contributed by atoms with Crippen LogP contribution in [0.25, 0.3) is 11.1 Å². The van der Waals surface area contributed by atoms with Crippen molar-refractivity contribution in [2.75, 3.05) is 0 Å². The van der Waals surface area contributed by atoms with Crippen molar-refractivity contribution in [3.8, 4) is 11.1 Å². The summed E-state index contributed by atoms with van der Waals surface area (Å²) in [7, 11) is -5.00. The van der Waals surface area contributed by atoms with E-state index in [2.05, 4.69) is 0 Å². The van der Waals surface area contributed by atoms with Gasteiger partial charge >= 0.3 is 35.7 Å². The molecule has 0 aromatic carbocycles. The van der Waals surface area contributed by atoms with E-state index in [1.54, 1.807) is 6.92 Å². The second kappa shape index (κ2) is 6.29. The maximum Gasteiger partial charge on any atom is 1.00 e. The molecule has 0 fully saturated rings. The summed E-state index contributed by atoms with van der Waals surface area (Å²) in [4.78, 5) is 10.6. The third-order valence-electron chi connectivity index (χ3n) is 2.92. The minimum Gasteiger partial charge on any atom is -0.744 e. The molecule has 0 atom stereocenters. The third-order valence-corrected chi connectivity index (χ3v) is 3.79. The molecule has 0 aliphatic heterocycles. The SMILES string of the molecule is Cc1ccc2c(C(=O)C(F)(F)F)cc(S(=O)(=O)[O-])c-2cc1.[Na+]. The number of Topliss-reactive ketones (excluding diaryl/α,β-unsaturated/α-hetero) is 1. The molecule has 0 amide bonds. The number of aryl methyl sites for hydroxylation is 1. The van der Waals surface area contributed by atoms with Gasteiger partial charge in [-0.15, -0.1) is 0 Å². The van der Waals surface area contributed by atoms with E-state index in [4.69, 9.17) is 0 Å². The Labute approximate surface area is 146 Å². The van der Waals surface area contributed by atoms with Crippen LogP contribution < -0.4 is 29.6 Å². The number of ketones is 1. The summed E-state index contributed by atoms with van der Waals surface area (Å²) in [6.45, 7) is 1.63. The predicted octanol–water partition coefficient (Wildman–Crippen LogP) is -0.247. The average Bonchev–Trinajstić information content (AvgIpc) is 2.60. The monoisotopic (exact) mass is 340 g/mol. The van der Waals surface area contributed by atoms with Crippen molar-refractivity contribution < 1.29 is 60.5 Å². The van der Waals surface area contributed by atoms with E-state index >= 15 is 0 Å². The summed E-state index contributed by atoms with van der Waals surface area (Å²) in [6, 6.07) is 5.76. The second-order valence-electron chi connectivity index (χ2n) is 4.44. The fraction of sp³-hybridized carbons (Fsp3) is 0.154. The van der Waals surface area contributed by atoms with Gasteiger partial charge in [-0.05, 0) is 24.1 Å². The van der Waals surface area contributed by atoms with E-state index in [1.807, 2.05) is 0 Å². The van der Waals surface area contributed by atoms with E-state index in [0.717, 1.165) is 0 Å². The van der Waals surface area contributed by atoms with Crippen LogP contribution in [0.5, 0.6) is 0 Å². The van der Waals surface area contributed by atoms with Gasteiger partial charge in [-0.2, -0.15) is 13.2 Å². The van der Waals surface area contributed by atoms with Gasteiger partial charge in [0.1, 0.15) is 10.1 Å². The molecule has 2 aliphatic rings. The van der Waals surface area contributed by atoms with Crippen LogP contribution in [0.15, 0.2) is 35.2 Å². The maximum atomic E-state index is 12.6. The average molecular weight is 340 g/mol. The van der Waals surface area contributed by atoms with Crippen molar-refractivity contribution in [3.05, 3.63) is 41.5 Å². The molecule has 0 spiro atoms. The van der Waals surface area contributed by atoms with Gasteiger partial charge in [-0.3, -0.25) is 4.79 Å². The molecule has 112 valence electrons. The Bertz CT molecular complexity index is 800. The Kier molecular flexibility index (Phi) is 5.46. The third kappa shape index (κ3) is 3.69. The molecule has 4 nitrogen and oxygen atoms in total. The van der Waals surface area contributed by atoms with E-state index in [1.165, 1.54) is 24.3 Å². The molecule has 2 rings (SSSR count). The largest absolute Gasteiger partial charge is 1.00 e. The number of carbonyl (C=O) groups is 1. The molecule has 0 heterocycles. The topological polar surface area (TPSA) is 74.3 Å². The van der Waals surface area contributed by atoms with Crippen molar-refractivity contribution in [1.29, 1.82) is 0 Å². The molecular formula is C13H8F3NaO4S. The Morgan fingerprint density at radius 2 is 1.59 bits per heavy atom. The molecule has 0 aromatic heterocycles. The van der Waals surface area contributed by atoms with Crippen molar-refractivity contribution in [1.82, 2.24) is 0 Å². The fourth-order valence-electron chi connectivity index (χ4n) is 1.95. The van der Waals surface area contributed by atoms with E-state index in [0.29, 0.717) is 11.6 Å². The van der Waals surface area contributed by atoms with Gasteiger partial charge in [0.15, 0.2) is 0 Å². The standard InChI is InChI=1S/C13H9F3O4S.Na/c1-7-2-4-8-9(5-3-7)11(21(18,19)20)6-10(8)12(17)13(14,15)16;/h2-6H,1H3,(H,18,19,20);/q;+1/p-1. The number of halogens is 3. The van der Waals surface area contributed by atoms with Crippen LogP contribution in [0.4, 0.5) is 13.2 Å². The summed E-state index contributed by atoms with van der Waals surface area (Å²) >= 11 is 0. The Morgan fingerprint density at radius 1 is 1.09 bits per heavy atom. The molecule has 22 heavy (non-hydrogen) atoms. The maximum absolute atomic E-state index is 12.6. The van der Waals surface area contributed by atoms with Gasteiger partial charge in [-0.25, -0.2) is 8.42 Å². The van der Waals surface area contributed by atoms with Crippen LogP contribution >= 0.6 is 0 Å². The minimum atomic E-state index is -5.16. The first-order valence-electron chi connectivity index (χ1n) is 5.62. The Morgan fingerprint density at radius 3 is 2.05 bits per heavy atom. The number of rotatable bonds is 2. The summed E-state index contributed by atoms with van der Waals surface area (Å²) < 4.78 is 71.2. The second-order valence-corrected chi connectivity index (χ2v) is 5.79. The van der Waals surface area contributed by atoms with Gasteiger partial charge in [0.2, 0.25) is 0 Å². The normalized spacial score (nSPS) is 12.0. The first-order valence-corrected chi connectivity index (χ1v) is 7.03. The van der Waals surface area contributed by atoms with Gasteiger partial charge in [-0.1, -0.05) is 29.8 Å². The molecular weight excluding hydrogens is 332 g/mol. The van der Waals surface area contributed by atoms with Crippen LogP contribution in [0, 0.1) is 6.92 Å². The summed E-state index contributed by atoms with van der Waals surface area (Å²) in [6.07, 6.45) is -5.16. The molecule has 0 aromatic rings. The Hall–Kier alpha value is -0.930. The molecule has 0 radical (unpaired) electrons. The molecule has 2 aliphatic carbocycles. The van der Waals surface area contributed by atoms with Crippen LogP contribution in [0.1, 0.15) is 15.9 Å². The van der Waals surface area contributed by atoms with Crippen molar-refractivity contribution in [2.45, 2.75) is 18.0 Å². The summed E-state index contributed by atoms with van der Waals surface area (Å²) in [5.74, 6) is -2.19. The van der Waals surface area contributed by atoms with Crippen LogP contribution in [0.2, 0.25) is 0 Å². The number of carbonyl (C=O) groups excluding carboxylic acids is 1. The number of hydrogen-bond acceptors (Lipinski definition) is 4. The summed E-state index contributed by atoms with van der Waals surface area (Å²) in [5.41, 5.74) is -0.640. The molecule has 0 saturated carbocycles. The minimum absolute atomic E-state index is 0. The first-order chi connectivity index (χ1) is 9.51. The zero-order valence-electron chi connectivity index (χ0n) is 11.6. The zero-order chi connectivity index (χ0) is 16.0. The fourth-order valence-corrected chi connectivity index (χ4v) is 2.66. The van der Waals surface area contributed by atoms with Crippen LogP contribution in [0.3, 0.4) is 0 Å². The van der Waals surface area contributed by atoms with E-state index < -0.39 is 32.5 Å². The smallest absolute Gasteiger partial charge is 0.744 e. The molecule has 0 unspecified atom stereocenters. The molecule has 0 N–H and O–H groups in total. The Balaban J connectivity index is 0.00000242. The van der Waals surface area contributed by atoms with Crippen molar-refractivity contribution in [3.63, 3.8) is 0 Å². The van der Waals surface area contributed by atoms with Gasteiger partial charge in [0.05, 0.1) is 4.90 Å². The summed E-state index contributed by atoms with van der Waals surface area (Å²) in [5, 5.41) is 0. The quantitative estimate of drug-likeness (QED) is 0.429. The zero-order valence-corrected chi connectivity index (χ0v) is 14.4. The molecule has 9 heteroatoms. The van der Waals surface area contributed by atoms with E-state index in [9.17, 15) is 30.9 Å². The predicted molar refractivity (Wildman–Crippen MR) is 66.1 cm³/mol. The van der Waals surface area contributed by atoms with E-state index in [-0.39, 0.29) is 40.7 Å². The molecule has 0 bridgehead atoms. The van der Waals surface area contributed by atoms with Gasteiger partial charge < -0.3 is 4.55 Å². The van der Waals surface area contributed by atoms with Crippen LogP contribution in [-0.4, -0.2) is 24.9 Å². The number of alkyl halides is 3. The van der Waals surface area contributed by atoms with Crippen molar-refractivity contribution in [2.24, 2.45) is 0 Å². The molecule has 0 saturated heterocycles. The van der Waals surface area contributed by atoms with Crippen molar-refractivity contribution >= 4 is 15.9 Å². The number of hydrogen-bond donors (Lipinski definition) is 0.